The Hall–Kier alpha value is -5.25. The summed E-state index contributed by atoms with van der Waals surface area (Å²) in [6.45, 7) is 5.94. The molecule has 7 rings (SSSR count). The number of nitrogens with one attached hydrogen (secondary N) is 3. The third kappa shape index (κ3) is 5.66. The first-order chi connectivity index (χ1) is 22.4. The molecule has 3 aromatic carbocycles. The van der Waals surface area contributed by atoms with Gasteiger partial charge in [-0.15, -0.1) is 0 Å². The summed E-state index contributed by atoms with van der Waals surface area (Å²) in [7, 11) is 0. The van der Waals surface area contributed by atoms with Crippen molar-refractivity contribution >= 4 is 45.1 Å². The number of amides is 1. The molecule has 230 valence electrons. The molecule has 4 heterocycles. The van der Waals surface area contributed by atoms with Gasteiger partial charge in [0.2, 0.25) is 5.91 Å². The fraction of sp³-hybridized carbons (Fsp3) is 0.167. The SMILES string of the molecule is C=CC(=O)Nc1cc2c(cc1Cl)[nH]c(=O)n2C1CCN(Cc2ccc(-c3nc4cc[nH]c(=O)c4cc3-c3ccccc3)cc2)CC1. The van der Waals surface area contributed by atoms with E-state index in [-0.39, 0.29) is 23.2 Å². The Morgan fingerprint density at radius 3 is 2.50 bits per heavy atom. The van der Waals surface area contributed by atoms with E-state index in [9.17, 15) is 14.4 Å². The highest BCUT2D eigenvalue weighted by Crippen LogP contribution is 2.34. The second kappa shape index (κ2) is 12.3. The highest BCUT2D eigenvalue weighted by Gasteiger charge is 2.24. The molecule has 1 aliphatic heterocycles. The molecule has 0 bridgehead atoms. The third-order valence-electron chi connectivity index (χ3n) is 8.64. The first kappa shape index (κ1) is 29.5. The lowest BCUT2D eigenvalue weighted by Gasteiger charge is -2.32. The molecule has 9 nitrogen and oxygen atoms in total. The molecule has 0 radical (unpaired) electrons. The Morgan fingerprint density at radius 2 is 1.76 bits per heavy atom. The molecule has 6 aromatic rings. The first-order valence-electron chi connectivity index (χ1n) is 15.1. The van der Waals surface area contributed by atoms with Gasteiger partial charge in [-0.25, -0.2) is 9.78 Å². The lowest BCUT2D eigenvalue weighted by molar-refractivity contribution is -0.111. The monoisotopic (exact) mass is 630 g/mol. The lowest BCUT2D eigenvalue weighted by atomic mass is 9.97. The predicted molar refractivity (Wildman–Crippen MR) is 183 cm³/mol. The molecule has 1 aliphatic rings. The van der Waals surface area contributed by atoms with Crippen molar-refractivity contribution < 1.29 is 4.79 Å². The number of H-pyrrole nitrogens is 2. The summed E-state index contributed by atoms with van der Waals surface area (Å²) in [5.41, 5.74) is 6.99. The third-order valence-corrected chi connectivity index (χ3v) is 8.95. The Morgan fingerprint density at radius 1 is 1.00 bits per heavy atom. The van der Waals surface area contributed by atoms with Crippen molar-refractivity contribution in [2.75, 3.05) is 18.4 Å². The molecule has 1 saturated heterocycles. The maximum atomic E-state index is 13.0. The molecule has 0 aliphatic carbocycles. The topological polar surface area (TPSA) is 116 Å². The molecule has 0 spiro atoms. The maximum Gasteiger partial charge on any atom is 0.326 e. The second-order valence-electron chi connectivity index (χ2n) is 11.5. The van der Waals surface area contributed by atoms with Crippen LogP contribution in [0.25, 0.3) is 44.3 Å². The van der Waals surface area contributed by atoms with Gasteiger partial charge in [-0.05, 0) is 54.3 Å². The number of fused-ring (bicyclic) bond motifs is 2. The number of carbonyl (C=O) groups excluding carboxylic acids is 1. The van der Waals surface area contributed by atoms with Gasteiger partial charge >= 0.3 is 5.69 Å². The number of likely N-dealkylation sites (tertiary alicyclic amines) is 1. The Kier molecular flexibility index (Phi) is 7.86. The van der Waals surface area contributed by atoms with E-state index in [0.717, 1.165) is 54.9 Å². The molecule has 1 fully saturated rings. The van der Waals surface area contributed by atoms with Gasteiger partial charge in [0.25, 0.3) is 5.56 Å². The van der Waals surface area contributed by atoms with Gasteiger partial charge in [0.15, 0.2) is 0 Å². The quantitative estimate of drug-likeness (QED) is 0.174. The van der Waals surface area contributed by atoms with E-state index in [0.29, 0.717) is 32.6 Å². The van der Waals surface area contributed by atoms with Gasteiger partial charge in [-0.2, -0.15) is 0 Å². The van der Waals surface area contributed by atoms with Gasteiger partial charge < -0.3 is 15.3 Å². The van der Waals surface area contributed by atoms with E-state index < -0.39 is 0 Å². The Labute approximate surface area is 269 Å². The minimum absolute atomic E-state index is 0.0200. The zero-order chi connectivity index (χ0) is 31.8. The molecule has 10 heteroatoms. The summed E-state index contributed by atoms with van der Waals surface area (Å²) in [6.07, 6.45) is 4.42. The summed E-state index contributed by atoms with van der Waals surface area (Å²) in [4.78, 5) is 50.4. The Balaban J connectivity index is 1.09. The van der Waals surface area contributed by atoms with Gasteiger partial charge in [0.1, 0.15) is 0 Å². The van der Waals surface area contributed by atoms with Crippen LogP contribution >= 0.6 is 11.6 Å². The molecular formula is C36H31ClN6O3. The molecule has 3 aromatic heterocycles. The van der Waals surface area contributed by atoms with Crippen LogP contribution in [0.3, 0.4) is 0 Å². The molecular weight excluding hydrogens is 600 g/mol. The minimum Gasteiger partial charge on any atom is -0.328 e. The molecule has 1 amide bonds. The Bertz CT molecular complexity index is 2210. The fourth-order valence-corrected chi connectivity index (χ4v) is 6.53. The summed E-state index contributed by atoms with van der Waals surface area (Å²) in [5.74, 6) is -0.367. The summed E-state index contributed by atoms with van der Waals surface area (Å²) >= 11 is 6.35. The average molecular weight is 631 g/mol. The highest BCUT2D eigenvalue weighted by atomic mass is 35.5. The van der Waals surface area contributed by atoms with Crippen LogP contribution < -0.4 is 16.6 Å². The van der Waals surface area contributed by atoms with Crippen LogP contribution in [0.1, 0.15) is 24.4 Å². The summed E-state index contributed by atoms with van der Waals surface area (Å²) in [6, 6.07) is 25.6. The van der Waals surface area contributed by atoms with Crippen molar-refractivity contribution in [2.24, 2.45) is 0 Å². The number of piperidine rings is 1. The van der Waals surface area contributed by atoms with Crippen LogP contribution in [0, 0.1) is 0 Å². The van der Waals surface area contributed by atoms with Crippen LogP contribution in [0.2, 0.25) is 5.02 Å². The van der Waals surface area contributed by atoms with Crippen LogP contribution in [0.15, 0.2) is 107 Å². The highest BCUT2D eigenvalue weighted by molar-refractivity contribution is 6.34. The van der Waals surface area contributed by atoms with Crippen molar-refractivity contribution in [3.63, 3.8) is 0 Å². The number of rotatable bonds is 7. The minimum atomic E-state index is -0.367. The number of anilines is 1. The number of aromatic amines is 2. The predicted octanol–water partition coefficient (Wildman–Crippen LogP) is 6.52. The molecule has 0 unspecified atom stereocenters. The largest absolute Gasteiger partial charge is 0.328 e. The number of imidazole rings is 1. The van der Waals surface area contributed by atoms with Gasteiger partial charge in [-0.3, -0.25) is 19.1 Å². The second-order valence-corrected chi connectivity index (χ2v) is 11.9. The van der Waals surface area contributed by atoms with Crippen molar-refractivity contribution in [2.45, 2.75) is 25.4 Å². The fourth-order valence-electron chi connectivity index (χ4n) is 6.32. The van der Waals surface area contributed by atoms with Crippen LogP contribution in [-0.4, -0.2) is 43.4 Å². The first-order valence-corrected chi connectivity index (χ1v) is 15.5. The van der Waals surface area contributed by atoms with E-state index >= 15 is 0 Å². The number of hydrogen-bond acceptors (Lipinski definition) is 5. The number of halogens is 1. The van der Waals surface area contributed by atoms with E-state index in [1.165, 1.54) is 11.6 Å². The van der Waals surface area contributed by atoms with Crippen LogP contribution in [0.4, 0.5) is 5.69 Å². The molecule has 3 N–H and O–H groups in total. The van der Waals surface area contributed by atoms with Crippen LogP contribution in [0.5, 0.6) is 0 Å². The zero-order valence-corrected chi connectivity index (χ0v) is 25.7. The van der Waals surface area contributed by atoms with Gasteiger partial charge in [-0.1, -0.05) is 72.8 Å². The maximum absolute atomic E-state index is 13.0. The lowest BCUT2D eigenvalue weighted by Crippen LogP contribution is -2.36. The number of nitrogens with zero attached hydrogens (tertiary/aromatic N) is 3. The smallest absolute Gasteiger partial charge is 0.326 e. The standard InChI is InChI=1S/C36H31ClN6O3/c1-2-33(44)39-30-20-32-31(19-28(30)37)41-36(46)43(32)25-13-16-42(17-14-25)21-22-8-10-24(11-9-22)34-26(23-6-4-3-5-7-23)18-27-29(40-34)12-15-38-35(27)45/h2-12,15,18-20,25H,1,13-14,16-17,21H2,(H,38,45)(H,39,44)(H,41,46). The van der Waals surface area contributed by atoms with Gasteiger partial charge in [0, 0.05) is 43.0 Å². The summed E-state index contributed by atoms with van der Waals surface area (Å²) in [5, 5.41) is 3.62. The van der Waals surface area contributed by atoms with Gasteiger partial charge in [0.05, 0.1) is 38.3 Å². The van der Waals surface area contributed by atoms with Crippen molar-refractivity contribution in [3.05, 3.63) is 129 Å². The molecule has 0 saturated carbocycles. The van der Waals surface area contributed by atoms with E-state index in [2.05, 4.69) is 51.0 Å². The number of pyridine rings is 2. The van der Waals surface area contributed by atoms with Crippen molar-refractivity contribution in [3.8, 4) is 22.4 Å². The average Bonchev–Trinajstić information content (AvgIpc) is 3.39. The van der Waals surface area contributed by atoms with E-state index in [1.807, 2.05) is 42.5 Å². The number of aromatic nitrogens is 4. The molecule has 0 atom stereocenters. The summed E-state index contributed by atoms with van der Waals surface area (Å²) < 4.78 is 1.79. The zero-order valence-electron chi connectivity index (χ0n) is 24.9. The molecule has 46 heavy (non-hydrogen) atoms. The number of hydrogen-bond donors (Lipinski definition) is 3. The number of benzene rings is 3. The van der Waals surface area contributed by atoms with E-state index in [4.69, 9.17) is 16.6 Å². The van der Waals surface area contributed by atoms with Crippen molar-refractivity contribution in [1.82, 2.24) is 24.4 Å². The van der Waals surface area contributed by atoms with Crippen molar-refractivity contribution in [1.29, 1.82) is 0 Å². The van der Waals surface area contributed by atoms with E-state index in [1.54, 1.807) is 22.9 Å². The number of carbonyl (C=O) groups is 1. The van der Waals surface area contributed by atoms with Crippen LogP contribution in [-0.2, 0) is 11.3 Å². The normalized spacial score (nSPS) is 14.1.